The molecule has 1 aliphatic rings. The van der Waals surface area contributed by atoms with Crippen LogP contribution in [-0.4, -0.2) is 26.2 Å². The predicted molar refractivity (Wildman–Crippen MR) is 78.5 cm³/mol. The zero-order chi connectivity index (χ0) is 14.7. The van der Waals surface area contributed by atoms with Gasteiger partial charge in [0.2, 0.25) is 5.91 Å². The Morgan fingerprint density at radius 1 is 1.40 bits per heavy atom. The number of methoxy groups -OCH3 is 2. The Labute approximate surface area is 123 Å². The number of ether oxygens (including phenoxy) is 2. The van der Waals surface area contributed by atoms with Crippen LogP contribution in [0.5, 0.6) is 11.5 Å². The summed E-state index contributed by atoms with van der Waals surface area (Å²) in [4.78, 5) is 12.0. The number of carbonyl (C=O) groups excluding carboxylic acids is 1. The lowest BCUT2D eigenvalue weighted by Crippen LogP contribution is -2.28. The zero-order valence-corrected chi connectivity index (χ0v) is 12.4. The summed E-state index contributed by atoms with van der Waals surface area (Å²) in [5, 5.41) is 3.20. The van der Waals surface area contributed by atoms with Gasteiger partial charge in [-0.25, -0.2) is 0 Å². The number of nitrogens with one attached hydrogen (secondary N) is 1. The SMILES string of the molecule is COc1cc(OC)c(NC(=O)CC(N)C2CC2)cc1Cl. The average Bonchev–Trinajstić information content (AvgIpc) is 3.23. The van der Waals surface area contributed by atoms with E-state index in [2.05, 4.69) is 5.32 Å². The fraction of sp³-hybridized carbons (Fsp3) is 0.500. The smallest absolute Gasteiger partial charge is 0.226 e. The molecule has 1 aromatic rings. The minimum atomic E-state index is -0.135. The Kier molecular flexibility index (Phi) is 4.73. The highest BCUT2D eigenvalue weighted by atomic mass is 35.5. The Balaban J connectivity index is 2.07. The third-order valence-corrected chi connectivity index (χ3v) is 3.69. The average molecular weight is 299 g/mol. The van der Waals surface area contributed by atoms with Crippen molar-refractivity contribution in [2.24, 2.45) is 11.7 Å². The van der Waals surface area contributed by atoms with E-state index in [1.165, 1.54) is 14.2 Å². The Bertz CT molecular complexity index is 503. The number of benzene rings is 1. The minimum absolute atomic E-state index is 0.0743. The fourth-order valence-electron chi connectivity index (χ4n) is 2.06. The van der Waals surface area contributed by atoms with Crippen molar-refractivity contribution >= 4 is 23.2 Å². The molecule has 1 aromatic carbocycles. The summed E-state index contributed by atoms with van der Waals surface area (Å²) in [5.41, 5.74) is 6.46. The van der Waals surface area contributed by atoms with E-state index in [9.17, 15) is 4.79 Å². The lowest BCUT2D eigenvalue weighted by Gasteiger charge is -2.14. The van der Waals surface area contributed by atoms with Gasteiger partial charge in [0.15, 0.2) is 0 Å². The standard InChI is InChI=1S/C14H19ClN2O3/c1-19-12-7-13(20-2)11(5-9(12)15)17-14(18)6-10(16)8-3-4-8/h5,7-8,10H,3-4,6,16H2,1-2H3,(H,17,18). The molecule has 3 N–H and O–H groups in total. The van der Waals surface area contributed by atoms with Gasteiger partial charge in [-0.1, -0.05) is 11.6 Å². The van der Waals surface area contributed by atoms with Crippen LogP contribution in [0.2, 0.25) is 5.02 Å². The lowest BCUT2D eigenvalue weighted by atomic mass is 10.1. The van der Waals surface area contributed by atoms with E-state index in [1.807, 2.05) is 0 Å². The van der Waals surface area contributed by atoms with Gasteiger partial charge in [-0.15, -0.1) is 0 Å². The van der Waals surface area contributed by atoms with Gasteiger partial charge in [0.25, 0.3) is 0 Å². The number of rotatable bonds is 6. The number of hydrogen-bond acceptors (Lipinski definition) is 4. The summed E-state index contributed by atoms with van der Waals surface area (Å²) >= 11 is 6.05. The maximum absolute atomic E-state index is 12.0. The number of hydrogen-bond donors (Lipinski definition) is 2. The molecule has 110 valence electrons. The second-order valence-electron chi connectivity index (χ2n) is 4.94. The second kappa shape index (κ2) is 6.33. The van der Waals surface area contributed by atoms with E-state index < -0.39 is 0 Å². The second-order valence-corrected chi connectivity index (χ2v) is 5.35. The molecular weight excluding hydrogens is 280 g/mol. The van der Waals surface area contributed by atoms with Crippen LogP contribution in [-0.2, 0) is 4.79 Å². The number of nitrogens with two attached hydrogens (primary N) is 1. The molecule has 2 rings (SSSR count). The highest BCUT2D eigenvalue weighted by Gasteiger charge is 2.30. The van der Waals surface area contributed by atoms with Gasteiger partial charge in [0.05, 0.1) is 24.9 Å². The largest absolute Gasteiger partial charge is 0.495 e. The number of carbonyl (C=O) groups is 1. The molecule has 6 heteroatoms. The monoisotopic (exact) mass is 298 g/mol. The summed E-state index contributed by atoms with van der Waals surface area (Å²) < 4.78 is 10.3. The van der Waals surface area contributed by atoms with Crippen molar-refractivity contribution in [2.75, 3.05) is 19.5 Å². The van der Waals surface area contributed by atoms with E-state index in [-0.39, 0.29) is 11.9 Å². The van der Waals surface area contributed by atoms with Gasteiger partial charge >= 0.3 is 0 Å². The van der Waals surface area contributed by atoms with Gasteiger partial charge in [-0.3, -0.25) is 4.79 Å². The van der Waals surface area contributed by atoms with Crippen LogP contribution in [0.4, 0.5) is 5.69 Å². The first-order chi connectivity index (χ1) is 9.55. The first-order valence-electron chi connectivity index (χ1n) is 6.52. The predicted octanol–water partition coefficient (Wildman–Crippen LogP) is 2.42. The molecule has 0 bridgehead atoms. The molecule has 1 amide bonds. The molecule has 1 atom stereocenters. The molecule has 0 saturated heterocycles. The summed E-state index contributed by atoms with van der Waals surface area (Å²) in [5.74, 6) is 1.35. The highest BCUT2D eigenvalue weighted by Crippen LogP contribution is 2.36. The van der Waals surface area contributed by atoms with Crippen molar-refractivity contribution in [3.8, 4) is 11.5 Å². The molecule has 1 aliphatic carbocycles. The molecule has 0 heterocycles. The summed E-state index contributed by atoms with van der Waals surface area (Å²) in [6.07, 6.45) is 2.54. The first kappa shape index (κ1) is 14.9. The van der Waals surface area contributed by atoms with Crippen LogP contribution in [0.25, 0.3) is 0 Å². The number of amides is 1. The topological polar surface area (TPSA) is 73.6 Å². The molecule has 0 spiro atoms. The molecule has 0 aromatic heterocycles. The quantitative estimate of drug-likeness (QED) is 0.846. The Morgan fingerprint density at radius 3 is 2.60 bits per heavy atom. The van der Waals surface area contributed by atoms with Crippen LogP contribution in [0.3, 0.4) is 0 Å². The molecule has 20 heavy (non-hydrogen) atoms. The van der Waals surface area contributed by atoms with Crippen LogP contribution in [0, 0.1) is 5.92 Å². The van der Waals surface area contributed by atoms with Gasteiger partial charge in [0, 0.05) is 18.5 Å². The van der Waals surface area contributed by atoms with Crippen LogP contribution < -0.4 is 20.5 Å². The summed E-state index contributed by atoms with van der Waals surface area (Å²) in [7, 11) is 3.04. The van der Waals surface area contributed by atoms with E-state index in [4.69, 9.17) is 26.8 Å². The van der Waals surface area contributed by atoms with Crippen molar-refractivity contribution in [1.82, 2.24) is 0 Å². The van der Waals surface area contributed by atoms with Crippen molar-refractivity contribution in [3.05, 3.63) is 17.2 Å². The van der Waals surface area contributed by atoms with Crippen molar-refractivity contribution in [3.63, 3.8) is 0 Å². The lowest BCUT2D eigenvalue weighted by molar-refractivity contribution is -0.116. The molecule has 1 saturated carbocycles. The first-order valence-corrected chi connectivity index (χ1v) is 6.90. The zero-order valence-electron chi connectivity index (χ0n) is 11.6. The minimum Gasteiger partial charge on any atom is -0.495 e. The van der Waals surface area contributed by atoms with Gasteiger partial charge in [0.1, 0.15) is 11.5 Å². The maximum atomic E-state index is 12.0. The molecule has 0 aliphatic heterocycles. The molecule has 1 fully saturated rings. The number of anilines is 1. The summed E-state index contributed by atoms with van der Waals surface area (Å²) in [6.45, 7) is 0. The van der Waals surface area contributed by atoms with Crippen LogP contribution >= 0.6 is 11.6 Å². The molecular formula is C14H19ClN2O3. The summed E-state index contributed by atoms with van der Waals surface area (Å²) in [6, 6.07) is 3.17. The third kappa shape index (κ3) is 3.55. The molecule has 1 unspecified atom stereocenters. The maximum Gasteiger partial charge on any atom is 0.226 e. The van der Waals surface area contributed by atoms with E-state index in [0.717, 1.165) is 12.8 Å². The van der Waals surface area contributed by atoms with Gasteiger partial charge in [-0.05, 0) is 24.8 Å². The Hall–Kier alpha value is -1.46. The van der Waals surface area contributed by atoms with E-state index in [0.29, 0.717) is 34.5 Å². The van der Waals surface area contributed by atoms with E-state index >= 15 is 0 Å². The van der Waals surface area contributed by atoms with Gasteiger partial charge in [-0.2, -0.15) is 0 Å². The number of halogens is 1. The third-order valence-electron chi connectivity index (χ3n) is 3.40. The van der Waals surface area contributed by atoms with E-state index in [1.54, 1.807) is 12.1 Å². The normalized spacial score (nSPS) is 15.6. The fourth-order valence-corrected chi connectivity index (χ4v) is 2.30. The van der Waals surface area contributed by atoms with Crippen molar-refractivity contribution < 1.29 is 14.3 Å². The molecule has 0 radical (unpaired) electrons. The van der Waals surface area contributed by atoms with Gasteiger partial charge < -0.3 is 20.5 Å². The molecule has 5 nitrogen and oxygen atoms in total. The van der Waals surface area contributed by atoms with Crippen LogP contribution in [0.15, 0.2) is 12.1 Å². The van der Waals surface area contributed by atoms with Crippen molar-refractivity contribution in [2.45, 2.75) is 25.3 Å². The highest BCUT2D eigenvalue weighted by molar-refractivity contribution is 6.32. The van der Waals surface area contributed by atoms with Crippen LogP contribution in [0.1, 0.15) is 19.3 Å². The Morgan fingerprint density at radius 2 is 2.05 bits per heavy atom. The van der Waals surface area contributed by atoms with Crippen molar-refractivity contribution in [1.29, 1.82) is 0 Å².